The lowest BCUT2D eigenvalue weighted by atomic mass is 10.1. The number of rotatable bonds is 3. The summed E-state index contributed by atoms with van der Waals surface area (Å²) >= 11 is 5.84. The number of nitrogens with zero attached hydrogens (tertiary/aromatic N) is 4. The smallest absolute Gasteiger partial charge is 0.207 e. The van der Waals surface area contributed by atoms with Crippen molar-refractivity contribution in [3.8, 4) is 6.07 Å². The molecule has 0 atom stereocenters. The molecule has 0 radical (unpaired) electrons. The predicted molar refractivity (Wildman–Crippen MR) is 113 cm³/mol. The van der Waals surface area contributed by atoms with Crippen LogP contribution < -0.4 is 10.3 Å². The van der Waals surface area contributed by atoms with E-state index in [4.69, 9.17) is 11.6 Å². The summed E-state index contributed by atoms with van der Waals surface area (Å²) in [6.07, 6.45) is 1.39. The van der Waals surface area contributed by atoms with Crippen LogP contribution in [0.1, 0.15) is 11.1 Å². The van der Waals surface area contributed by atoms with Crippen molar-refractivity contribution >= 4 is 28.2 Å². The lowest BCUT2D eigenvalue weighted by molar-refractivity contribution is 0.312. The highest BCUT2D eigenvalue weighted by atomic mass is 35.5. The first-order chi connectivity index (χ1) is 14.4. The third-order valence-electron chi connectivity index (χ3n) is 5.47. The van der Waals surface area contributed by atoms with Gasteiger partial charge in [-0.3, -0.25) is 4.79 Å². The summed E-state index contributed by atoms with van der Waals surface area (Å²) in [6.45, 7) is 2.99. The molecule has 0 bridgehead atoms. The molecule has 8 heteroatoms. The number of anilines is 1. The maximum absolute atomic E-state index is 14.9. The molecule has 1 fully saturated rings. The number of benzene rings is 2. The molecule has 0 N–H and O–H groups in total. The number of halogens is 3. The quantitative estimate of drug-likeness (QED) is 0.639. The second-order valence-electron chi connectivity index (χ2n) is 7.46. The lowest BCUT2D eigenvalue weighted by Gasteiger charge is -2.34. The average molecular weight is 429 g/mol. The Kier molecular flexibility index (Phi) is 5.46. The molecular formula is C22H19ClF2N4O. The van der Waals surface area contributed by atoms with Crippen molar-refractivity contribution < 1.29 is 8.78 Å². The Bertz CT molecular complexity index is 1230. The van der Waals surface area contributed by atoms with Crippen molar-refractivity contribution in [3.05, 3.63) is 74.5 Å². The zero-order valence-electron chi connectivity index (χ0n) is 16.3. The Labute approximate surface area is 177 Å². The molecule has 0 aliphatic carbocycles. The Morgan fingerprint density at radius 2 is 1.83 bits per heavy atom. The molecule has 154 valence electrons. The normalized spacial score (nSPS) is 14.8. The summed E-state index contributed by atoms with van der Waals surface area (Å²) in [5.41, 5.74) is 0.528. The number of hydrogen-bond acceptors (Lipinski definition) is 4. The van der Waals surface area contributed by atoms with Crippen molar-refractivity contribution in [1.29, 1.82) is 5.26 Å². The maximum atomic E-state index is 14.9. The van der Waals surface area contributed by atoms with Crippen LogP contribution in [0.4, 0.5) is 14.5 Å². The first-order valence-electron chi connectivity index (χ1n) is 9.51. The van der Waals surface area contributed by atoms with E-state index in [-0.39, 0.29) is 22.5 Å². The molecule has 1 aliphatic rings. The predicted octanol–water partition coefficient (Wildman–Crippen LogP) is 3.60. The molecule has 3 aromatic rings. The molecule has 0 unspecified atom stereocenters. The van der Waals surface area contributed by atoms with E-state index in [9.17, 15) is 18.8 Å². The van der Waals surface area contributed by atoms with E-state index in [0.717, 1.165) is 13.1 Å². The SMILES string of the molecule is CN1CCN(c2cc3c(cc2F)c(=O)c(C#N)cn3Cc2ccc(Cl)cc2F)CC1. The van der Waals surface area contributed by atoms with Crippen molar-refractivity contribution in [1.82, 2.24) is 9.47 Å². The minimum atomic E-state index is -0.538. The summed E-state index contributed by atoms with van der Waals surface area (Å²) in [7, 11) is 2.01. The highest BCUT2D eigenvalue weighted by molar-refractivity contribution is 6.30. The largest absolute Gasteiger partial charge is 0.367 e. The number of hydrogen-bond donors (Lipinski definition) is 0. The Morgan fingerprint density at radius 1 is 1.10 bits per heavy atom. The fourth-order valence-corrected chi connectivity index (χ4v) is 3.89. The lowest BCUT2D eigenvalue weighted by Crippen LogP contribution is -2.44. The number of likely N-dealkylation sites (N-methyl/N-ethyl adjacent to an activating group) is 1. The average Bonchev–Trinajstić information content (AvgIpc) is 2.72. The van der Waals surface area contributed by atoms with E-state index in [1.54, 1.807) is 22.8 Å². The van der Waals surface area contributed by atoms with Crippen LogP contribution in [0.3, 0.4) is 0 Å². The molecule has 1 aliphatic heterocycles. The minimum Gasteiger partial charge on any atom is -0.367 e. The molecule has 1 aromatic heterocycles. The molecule has 2 aromatic carbocycles. The summed E-state index contributed by atoms with van der Waals surface area (Å²) < 4.78 is 30.9. The van der Waals surface area contributed by atoms with Gasteiger partial charge < -0.3 is 14.4 Å². The van der Waals surface area contributed by atoms with Crippen LogP contribution in [0.5, 0.6) is 0 Å². The van der Waals surface area contributed by atoms with E-state index in [1.807, 2.05) is 18.0 Å². The molecule has 5 nitrogen and oxygen atoms in total. The van der Waals surface area contributed by atoms with Crippen LogP contribution in [0, 0.1) is 23.0 Å². The molecule has 0 spiro atoms. The van der Waals surface area contributed by atoms with Gasteiger partial charge in [-0.2, -0.15) is 5.26 Å². The molecular weight excluding hydrogens is 410 g/mol. The zero-order valence-corrected chi connectivity index (χ0v) is 17.1. The van der Waals surface area contributed by atoms with Crippen molar-refractivity contribution in [2.45, 2.75) is 6.54 Å². The van der Waals surface area contributed by atoms with Gasteiger partial charge in [-0.05, 0) is 31.3 Å². The Hall–Kier alpha value is -2.95. The van der Waals surface area contributed by atoms with Crippen molar-refractivity contribution in [2.75, 3.05) is 38.1 Å². The standard InChI is InChI=1S/C22H19ClF2N4O/c1-27-4-6-28(7-5-27)21-10-20-17(9-19(21)25)22(30)15(11-26)13-29(20)12-14-2-3-16(23)8-18(14)24/h2-3,8-10,13H,4-7,12H2,1H3. The van der Waals surface area contributed by atoms with Gasteiger partial charge in [0.25, 0.3) is 0 Å². The Balaban J connectivity index is 1.87. The zero-order chi connectivity index (χ0) is 21.4. The van der Waals surface area contributed by atoms with Crippen LogP contribution in [-0.4, -0.2) is 42.7 Å². The fourth-order valence-electron chi connectivity index (χ4n) is 3.73. The molecule has 4 rings (SSSR count). The van der Waals surface area contributed by atoms with Crippen molar-refractivity contribution in [2.24, 2.45) is 0 Å². The molecule has 0 amide bonds. The van der Waals surface area contributed by atoms with Gasteiger partial charge >= 0.3 is 0 Å². The van der Waals surface area contributed by atoms with Gasteiger partial charge in [-0.15, -0.1) is 0 Å². The van der Waals surface area contributed by atoms with Crippen LogP contribution in [-0.2, 0) is 6.54 Å². The second-order valence-corrected chi connectivity index (χ2v) is 7.89. The molecule has 1 saturated heterocycles. The third kappa shape index (κ3) is 3.76. The van der Waals surface area contributed by atoms with Gasteiger partial charge in [0, 0.05) is 43.0 Å². The monoisotopic (exact) mass is 428 g/mol. The summed E-state index contributed by atoms with van der Waals surface area (Å²) in [5.74, 6) is -1.00. The Morgan fingerprint density at radius 3 is 2.50 bits per heavy atom. The second kappa shape index (κ2) is 8.05. The first kappa shape index (κ1) is 20.3. The van der Waals surface area contributed by atoms with Gasteiger partial charge in [-0.1, -0.05) is 17.7 Å². The van der Waals surface area contributed by atoms with Gasteiger partial charge in [-0.25, -0.2) is 8.78 Å². The van der Waals surface area contributed by atoms with Gasteiger partial charge in [0.15, 0.2) is 0 Å². The van der Waals surface area contributed by atoms with E-state index < -0.39 is 17.1 Å². The number of pyridine rings is 1. The van der Waals surface area contributed by atoms with Gasteiger partial charge in [0.1, 0.15) is 23.3 Å². The first-order valence-corrected chi connectivity index (χ1v) is 9.89. The van der Waals surface area contributed by atoms with E-state index in [2.05, 4.69) is 4.90 Å². The van der Waals surface area contributed by atoms with Crippen LogP contribution in [0.15, 0.2) is 41.3 Å². The molecule has 2 heterocycles. The summed E-state index contributed by atoms with van der Waals surface area (Å²) in [6, 6.07) is 8.99. The number of fused-ring (bicyclic) bond motifs is 1. The number of aromatic nitrogens is 1. The third-order valence-corrected chi connectivity index (χ3v) is 5.70. The fraction of sp³-hybridized carbons (Fsp3) is 0.273. The van der Waals surface area contributed by atoms with Crippen LogP contribution in [0.2, 0.25) is 5.02 Å². The van der Waals surface area contributed by atoms with Gasteiger partial charge in [0.2, 0.25) is 5.43 Å². The van der Waals surface area contributed by atoms with Crippen LogP contribution in [0.25, 0.3) is 10.9 Å². The summed E-state index contributed by atoms with van der Waals surface area (Å²) in [4.78, 5) is 16.7. The highest BCUT2D eigenvalue weighted by Crippen LogP contribution is 2.27. The molecule has 30 heavy (non-hydrogen) atoms. The molecule has 0 saturated carbocycles. The topological polar surface area (TPSA) is 52.3 Å². The number of nitriles is 1. The van der Waals surface area contributed by atoms with Crippen LogP contribution >= 0.6 is 11.6 Å². The van der Waals surface area contributed by atoms with E-state index in [1.165, 1.54) is 18.3 Å². The van der Waals surface area contributed by atoms with Crippen molar-refractivity contribution in [3.63, 3.8) is 0 Å². The van der Waals surface area contributed by atoms with E-state index >= 15 is 0 Å². The maximum Gasteiger partial charge on any atom is 0.207 e. The minimum absolute atomic E-state index is 0.0717. The van der Waals surface area contributed by atoms with Gasteiger partial charge in [0.05, 0.1) is 23.1 Å². The highest BCUT2D eigenvalue weighted by Gasteiger charge is 2.20. The number of piperazine rings is 1. The summed E-state index contributed by atoms with van der Waals surface area (Å²) in [5, 5.41) is 9.72. The van der Waals surface area contributed by atoms with E-state index in [0.29, 0.717) is 29.9 Å².